The van der Waals surface area contributed by atoms with Gasteiger partial charge in [0.15, 0.2) is 0 Å². The quantitative estimate of drug-likeness (QED) is 0.490. The van der Waals surface area contributed by atoms with Gasteiger partial charge < -0.3 is 9.41 Å². The van der Waals surface area contributed by atoms with Crippen LogP contribution in [0.5, 0.6) is 0 Å². The first-order valence-corrected chi connectivity index (χ1v) is 8.62. The van der Waals surface area contributed by atoms with E-state index in [2.05, 4.69) is 25.1 Å². The van der Waals surface area contributed by atoms with Crippen molar-refractivity contribution in [3.63, 3.8) is 0 Å². The molecule has 8 nitrogen and oxygen atoms in total. The SMILES string of the molecule is [C-]#[N+]c1nc2c(s1)c1cnn(Cc3cccc4[nH]ncc34)c(=O)c1n2C. The fraction of sp³-hybridized carbons (Fsp3) is 0.118. The fourth-order valence-corrected chi connectivity index (χ4v) is 4.16. The number of hydrogen-bond acceptors (Lipinski definition) is 5. The van der Waals surface area contributed by atoms with Crippen LogP contribution in [-0.4, -0.2) is 29.5 Å². The van der Waals surface area contributed by atoms with Crippen LogP contribution in [0.25, 0.3) is 37.0 Å². The summed E-state index contributed by atoms with van der Waals surface area (Å²) in [7, 11) is 1.79. The van der Waals surface area contributed by atoms with Gasteiger partial charge in [0.25, 0.3) is 5.56 Å². The van der Waals surface area contributed by atoms with Gasteiger partial charge in [-0.2, -0.15) is 10.2 Å². The van der Waals surface area contributed by atoms with Gasteiger partial charge in [0, 0.05) is 17.8 Å². The molecule has 4 heterocycles. The van der Waals surface area contributed by atoms with Crippen molar-refractivity contribution in [1.29, 1.82) is 0 Å². The lowest BCUT2D eigenvalue weighted by Crippen LogP contribution is -2.24. The van der Waals surface area contributed by atoms with Gasteiger partial charge in [-0.15, -0.1) is 11.3 Å². The molecule has 9 heteroatoms. The van der Waals surface area contributed by atoms with Crippen molar-refractivity contribution in [1.82, 2.24) is 29.5 Å². The highest BCUT2D eigenvalue weighted by Gasteiger charge is 2.20. The Morgan fingerprint density at radius 3 is 3.04 bits per heavy atom. The molecule has 0 saturated carbocycles. The van der Waals surface area contributed by atoms with Gasteiger partial charge in [-0.1, -0.05) is 23.7 Å². The largest absolute Gasteiger partial charge is 0.351 e. The second-order valence-electron chi connectivity index (χ2n) is 5.94. The first-order valence-electron chi connectivity index (χ1n) is 7.81. The van der Waals surface area contributed by atoms with Crippen LogP contribution in [0.3, 0.4) is 0 Å². The Bertz CT molecular complexity index is 1410. The molecule has 1 N–H and O–H groups in total. The number of nitrogens with one attached hydrogen (secondary N) is 1. The van der Waals surface area contributed by atoms with E-state index in [4.69, 9.17) is 6.57 Å². The third kappa shape index (κ3) is 1.93. The van der Waals surface area contributed by atoms with Crippen LogP contribution in [0.15, 0.2) is 35.4 Å². The number of benzene rings is 1. The Morgan fingerprint density at radius 1 is 1.31 bits per heavy atom. The minimum absolute atomic E-state index is 0.180. The summed E-state index contributed by atoms with van der Waals surface area (Å²) in [5.74, 6) is 0. The smallest absolute Gasteiger partial charge is 0.331 e. The molecule has 5 rings (SSSR count). The van der Waals surface area contributed by atoms with Gasteiger partial charge in [0.1, 0.15) is 5.52 Å². The van der Waals surface area contributed by atoms with Crippen molar-refractivity contribution in [2.75, 3.05) is 0 Å². The molecule has 0 aliphatic carbocycles. The van der Waals surface area contributed by atoms with E-state index in [1.54, 1.807) is 24.0 Å². The van der Waals surface area contributed by atoms with Gasteiger partial charge in [-0.25, -0.2) is 4.68 Å². The van der Waals surface area contributed by atoms with E-state index < -0.39 is 0 Å². The van der Waals surface area contributed by atoms with Crippen LogP contribution in [0.4, 0.5) is 5.13 Å². The van der Waals surface area contributed by atoms with E-state index in [1.807, 2.05) is 18.2 Å². The van der Waals surface area contributed by atoms with Gasteiger partial charge in [-0.3, -0.25) is 9.89 Å². The maximum absolute atomic E-state index is 13.0. The summed E-state index contributed by atoms with van der Waals surface area (Å²) in [5.41, 5.74) is 2.90. The molecule has 1 aromatic carbocycles. The molecule has 0 aliphatic heterocycles. The second-order valence-corrected chi connectivity index (χ2v) is 6.92. The summed E-state index contributed by atoms with van der Waals surface area (Å²) >= 11 is 1.28. The maximum Gasteiger partial charge on any atom is 0.331 e. The Morgan fingerprint density at radius 2 is 2.19 bits per heavy atom. The first kappa shape index (κ1) is 14.8. The Labute approximate surface area is 150 Å². The van der Waals surface area contributed by atoms with Gasteiger partial charge in [-0.05, 0) is 11.6 Å². The van der Waals surface area contributed by atoms with Crippen LogP contribution < -0.4 is 5.56 Å². The van der Waals surface area contributed by atoms with E-state index in [9.17, 15) is 4.79 Å². The minimum Gasteiger partial charge on any atom is -0.351 e. The van der Waals surface area contributed by atoms with Crippen LogP contribution in [0, 0.1) is 6.57 Å². The summed E-state index contributed by atoms with van der Waals surface area (Å²) in [6, 6.07) is 5.83. The predicted octanol–water partition coefficient (Wildman–Crippen LogP) is 2.82. The third-order valence-corrected chi connectivity index (χ3v) is 5.48. The minimum atomic E-state index is -0.180. The highest BCUT2D eigenvalue weighted by Crippen LogP contribution is 2.34. The number of aryl methyl sites for hydroxylation is 1. The number of nitrogens with zero attached hydrogens (tertiary/aromatic N) is 6. The zero-order valence-electron chi connectivity index (χ0n) is 13.6. The molecular formula is C17H11N7OS. The number of hydrogen-bond donors (Lipinski definition) is 1. The molecule has 0 aliphatic rings. The van der Waals surface area contributed by atoms with Gasteiger partial charge >= 0.3 is 5.13 Å². The number of thiazole rings is 1. The lowest BCUT2D eigenvalue weighted by Gasteiger charge is -2.06. The summed E-state index contributed by atoms with van der Waals surface area (Å²) in [6.45, 7) is 7.47. The second kappa shape index (κ2) is 5.24. The van der Waals surface area contributed by atoms with Crippen LogP contribution in [0.2, 0.25) is 0 Å². The third-order valence-electron chi connectivity index (χ3n) is 4.50. The number of aromatic amines is 1. The molecule has 26 heavy (non-hydrogen) atoms. The van der Waals surface area contributed by atoms with Crippen LogP contribution in [0.1, 0.15) is 5.56 Å². The molecule has 5 aromatic rings. The highest BCUT2D eigenvalue weighted by molar-refractivity contribution is 7.23. The molecule has 0 fully saturated rings. The average molecular weight is 361 g/mol. The molecule has 0 atom stereocenters. The summed E-state index contributed by atoms with van der Waals surface area (Å²) in [6.07, 6.45) is 3.43. The lowest BCUT2D eigenvalue weighted by molar-refractivity contribution is 0.647. The molecule has 0 spiro atoms. The fourth-order valence-electron chi connectivity index (χ4n) is 3.27. The van der Waals surface area contributed by atoms with E-state index in [1.165, 1.54) is 16.0 Å². The zero-order valence-corrected chi connectivity index (χ0v) is 14.4. The molecule has 0 unspecified atom stereocenters. The van der Waals surface area contributed by atoms with E-state index >= 15 is 0 Å². The summed E-state index contributed by atoms with van der Waals surface area (Å²) < 4.78 is 4.01. The zero-order chi connectivity index (χ0) is 17.8. The van der Waals surface area contributed by atoms with Gasteiger partial charge in [0.05, 0.1) is 29.2 Å². The van der Waals surface area contributed by atoms with E-state index in [-0.39, 0.29) is 5.56 Å². The molecule has 0 saturated heterocycles. The predicted molar refractivity (Wildman–Crippen MR) is 99.6 cm³/mol. The molecule has 126 valence electrons. The molecule has 0 radical (unpaired) electrons. The summed E-state index contributed by atoms with van der Waals surface area (Å²) in [5, 5.41) is 13.4. The molecule has 4 aromatic heterocycles. The Kier molecular flexibility index (Phi) is 2.98. The maximum atomic E-state index is 13.0. The topological polar surface area (TPSA) is 85.8 Å². The molecule has 0 amide bonds. The van der Waals surface area contributed by atoms with Crippen molar-refractivity contribution >= 4 is 48.6 Å². The van der Waals surface area contributed by atoms with Crippen molar-refractivity contribution in [3.8, 4) is 0 Å². The number of rotatable bonds is 2. The number of aromatic nitrogens is 6. The first-order chi connectivity index (χ1) is 12.7. The van der Waals surface area contributed by atoms with Crippen LogP contribution >= 0.6 is 11.3 Å². The lowest BCUT2D eigenvalue weighted by atomic mass is 10.1. The van der Waals surface area contributed by atoms with Crippen molar-refractivity contribution in [3.05, 3.63) is 57.9 Å². The van der Waals surface area contributed by atoms with Crippen LogP contribution in [-0.2, 0) is 13.6 Å². The normalized spacial score (nSPS) is 11.5. The monoisotopic (exact) mass is 361 g/mol. The molecular weight excluding hydrogens is 350 g/mol. The standard InChI is InChI=1S/C17H11N7OS/c1-18-17-21-15-14(26-17)11-7-20-24(16(25)13(11)23(15)2)8-9-4-3-5-12-10(9)6-19-22-12/h3-7H,8H2,2H3,(H,19,22). The average Bonchev–Trinajstić information content (AvgIpc) is 3.34. The number of fused-ring (bicyclic) bond motifs is 4. The summed E-state index contributed by atoms with van der Waals surface area (Å²) in [4.78, 5) is 20.7. The highest BCUT2D eigenvalue weighted by atomic mass is 32.1. The van der Waals surface area contributed by atoms with Crippen molar-refractivity contribution in [2.24, 2.45) is 7.05 Å². The Hall–Kier alpha value is -3.51. The molecule has 0 bridgehead atoms. The number of H-pyrrole nitrogens is 1. The van der Waals surface area contributed by atoms with E-state index in [0.29, 0.717) is 22.8 Å². The van der Waals surface area contributed by atoms with Crippen molar-refractivity contribution < 1.29 is 0 Å². The Balaban J connectivity index is 1.71. The van der Waals surface area contributed by atoms with Crippen molar-refractivity contribution in [2.45, 2.75) is 6.54 Å². The van der Waals surface area contributed by atoms with Gasteiger partial charge in [0.2, 0.25) is 5.65 Å². The van der Waals surface area contributed by atoms with E-state index in [0.717, 1.165) is 26.6 Å².